The molecule has 0 saturated heterocycles. The molecular weight excluding hydrogens is 340 g/mol. The van der Waals surface area contributed by atoms with E-state index in [1.54, 1.807) is 27.7 Å². The van der Waals surface area contributed by atoms with E-state index in [9.17, 15) is 9.13 Å². The molecule has 9 heteroatoms. The maximum atomic E-state index is 13.1. The van der Waals surface area contributed by atoms with E-state index in [1.807, 2.05) is 0 Å². The van der Waals surface area contributed by atoms with Crippen LogP contribution in [0.1, 0.15) is 48.0 Å². The summed E-state index contributed by atoms with van der Waals surface area (Å²) in [4.78, 5) is 0. The summed E-state index contributed by atoms with van der Waals surface area (Å²) in [6, 6.07) is 0. The highest BCUT2D eigenvalue weighted by atomic mass is 31.2. The summed E-state index contributed by atoms with van der Waals surface area (Å²) in [7, 11) is -7.39. The summed E-state index contributed by atoms with van der Waals surface area (Å²) >= 11 is 0. The van der Waals surface area contributed by atoms with Crippen LogP contribution in [0.2, 0.25) is 0 Å². The van der Waals surface area contributed by atoms with Gasteiger partial charge in [0.25, 0.3) is 0 Å². The van der Waals surface area contributed by atoms with Gasteiger partial charge in [-0.1, -0.05) is 13.8 Å². The van der Waals surface area contributed by atoms with Gasteiger partial charge in [-0.25, -0.2) is 0 Å². The third-order valence-electron chi connectivity index (χ3n) is 2.88. The SMILES string of the molecule is CCOP(=O)(OCC)C(NCCC(C)C)P(=O)(OCC)OCC. The Bertz CT molecular complexity index is 355. The smallest absolute Gasteiger partial charge is 0.307 e. The molecule has 140 valence electrons. The lowest BCUT2D eigenvalue weighted by molar-refractivity contribution is 0.190. The molecule has 0 radical (unpaired) electrons. The Hall–Kier alpha value is 0.260. The minimum absolute atomic E-state index is 0.178. The molecule has 0 atom stereocenters. The van der Waals surface area contributed by atoms with Crippen molar-refractivity contribution in [3.8, 4) is 0 Å². The third-order valence-corrected chi connectivity index (χ3v) is 8.62. The van der Waals surface area contributed by atoms with Gasteiger partial charge < -0.3 is 18.1 Å². The predicted molar refractivity (Wildman–Crippen MR) is 93.0 cm³/mol. The van der Waals surface area contributed by atoms with Gasteiger partial charge in [-0.15, -0.1) is 0 Å². The molecule has 0 aliphatic rings. The van der Waals surface area contributed by atoms with Gasteiger partial charge in [-0.2, -0.15) is 0 Å². The lowest BCUT2D eigenvalue weighted by Gasteiger charge is -2.32. The van der Waals surface area contributed by atoms with Crippen molar-refractivity contribution in [2.24, 2.45) is 5.92 Å². The quantitative estimate of drug-likeness (QED) is 0.451. The number of hydrogen-bond acceptors (Lipinski definition) is 7. The fourth-order valence-electron chi connectivity index (χ4n) is 1.97. The van der Waals surface area contributed by atoms with Gasteiger partial charge in [0, 0.05) is 0 Å². The minimum atomic E-state index is -3.69. The summed E-state index contributed by atoms with van der Waals surface area (Å²) in [6.07, 6.45) is 0.826. The maximum absolute atomic E-state index is 13.1. The lowest BCUT2D eigenvalue weighted by Crippen LogP contribution is -2.33. The van der Waals surface area contributed by atoms with Gasteiger partial charge in [0.1, 0.15) is 0 Å². The monoisotopic (exact) mass is 373 g/mol. The molecule has 0 saturated carbocycles. The van der Waals surface area contributed by atoms with Crippen LogP contribution < -0.4 is 5.32 Å². The molecule has 0 unspecified atom stereocenters. The van der Waals surface area contributed by atoms with Crippen LogP contribution in [-0.4, -0.2) is 38.5 Å². The lowest BCUT2D eigenvalue weighted by atomic mass is 10.1. The van der Waals surface area contributed by atoms with Gasteiger partial charge in [0.05, 0.1) is 26.4 Å². The fraction of sp³-hybridized carbons (Fsp3) is 1.00. The van der Waals surface area contributed by atoms with E-state index in [0.29, 0.717) is 12.5 Å². The largest absolute Gasteiger partial charge is 0.359 e. The molecule has 0 aromatic rings. The van der Waals surface area contributed by atoms with Gasteiger partial charge in [0.2, 0.25) is 5.52 Å². The molecule has 0 spiro atoms. The summed E-state index contributed by atoms with van der Waals surface area (Å²) in [5.74, 6) is 0.445. The molecule has 7 nitrogen and oxygen atoms in total. The Morgan fingerprint density at radius 2 is 1.13 bits per heavy atom. The molecule has 0 amide bonds. The number of hydrogen-bond donors (Lipinski definition) is 1. The molecule has 0 aliphatic heterocycles. The van der Waals surface area contributed by atoms with Gasteiger partial charge in [-0.3, -0.25) is 14.4 Å². The van der Waals surface area contributed by atoms with Crippen molar-refractivity contribution >= 4 is 15.2 Å². The Labute approximate surface area is 140 Å². The second-order valence-electron chi connectivity index (χ2n) is 5.26. The van der Waals surface area contributed by atoms with Crippen LogP contribution in [0, 0.1) is 5.92 Å². The van der Waals surface area contributed by atoms with Crippen molar-refractivity contribution in [3.05, 3.63) is 0 Å². The van der Waals surface area contributed by atoms with E-state index >= 15 is 0 Å². The zero-order valence-electron chi connectivity index (χ0n) is 15.2. The first-order valence-corrected chi connectivity index (χ1v) is 11.5. The van der Waals surface area contributed by atoms with Crippen molar-refractivity contribution in [3.63, 3.8) is 0 Å². The van der Waals surface area contributed by atoms with E-state index in [-0.39, 0.29) is 26.4 Å². The van der Waals surface area contributed by atoms with Crippen LogP contribution >= 0.6 is 15.2 Å². The summed E-state index contributed by atoms with van der Waals surface area (Å²) in [5, 5.41) is 3.05. The Morgan fingerprint density at radius 1 is 0.783 bits per heavy atom. The van der Waals surface area contributed by atoms with Gasteiger partial charge in [-0.05, 0) is 46.6 Å². The highest BCUT2D eigenvalue weighted by Crippen LogP contribution is 2.69. The number of nitrogens with one attached hydrogen (secondary N) is 1. The van der Waals surface area contributed by atoms with Gasteiger partial charge in [0.15, 0.2) is 0 Å². The highest BCUT2D eigenvalue weighted by molar-refractivity contribution is 7.72. The van der Waals surface area contributed by atoms with E-state index in [1.165, 1.54) is 0 Å². The van der Waals surface area contributed by atoms with Crippen LogP contribution in [0.5, 0.6) is 0 Å². The summed E-state index contributed by atoms with van der Waals surface area (Å²) < 4.78 is 47.8. The third kappa shape index (κ3) is 7.78. The van der Waals surface area contributed by atoms with Crippen molar-refractivity contribution in [2.75, 3.05) is 33.0 Å². The zero-order chi connectivity index (χ0) is 17.9. The Kier molecular flexibility index (Phi) is 11.9. The van der Waals surface area contributed by atoms with Crippen LogP contribution in [-0.2, 0) is 27.2 Å². The topological polar surface area (TPSA) is 83.1 Å². The molecule has 0 bridgehead atoms. The first-order valence-electron chi connectivity index (χ1n) is 8.30. The standard InChI is InChI=1S/C14H33NO6P2/c1-7-18-22(16,19-8-2)14(15-12-11-13(5)6)23(17,20-9-3)21-10-4/h13-15H,7-12H2,1-6H3. The van der Waals surface area contributed by atoms with E-state index in [0.717, 1.165) is 6.42 Å². The van der Waals surface area contributed by atoms with Crippen LogP contribution in [0.25, 0.3) is 0 Å². The fourth-order valence-corrected chi connectivity index (χ4v) is 7.02. The molecule has 0 heterocycles. The normalized spacial score (nSPS) is 13.2. The van der Waals surface area contributed by atoms with Crippen molar-refractivity contribution in [1.29, 1.82) is 0 Å². The van der Waals surface area contributed by atoms with E-state index < -0.39 is 20.7 Å². The number of rotatable bonds is 14. The van der Waals surface area contributed by atoms with E-state index in [2.05, 4.69) is 19.2 Å². The Morgan fingerprint density at radius 3 is 1.39 bits per heavy atom. The summed E-state index contributed by atoms with van der Waals surface area (Å²) in [6.45, 7) is 12.2. The van der Waals surface area contributed by atoms with Crippen molar-refractivity contribution in [1.82, 2.24) is 5.32 Å². The molecule has 23 heavy (non-hydrogen) atoms. The molecule has 0 rings (SSSR count). The second-order valence-corrected chi connectivity index (χ2v) is 9.89. The van der Waals surface area contributed by atoms with Crippen molar-refractivity contribution < 1.29 is 27.2 Å². The van der Waals surface area contributed by atoms with Crippen LogP contribution in [0.15, 0.2) is 0 Å². The predicted octanol–water partition coefficient (Wildman–Crippen LogP) is 4.44. The average molecular weight is 373 g/mol. The highest BCUT2D eigenvalue weighted by Gasteiger charge is 2.50. The minimum Gasteiger partial charge on any atom is -0.307 e. The van der Waals surface area contributed by atoms with Crippen LogP contribution in [0.3, 0.4) is 0 Å². The molecule has 0 aromatic carbocycles. The Balaban J connectivity index is 5.55. The second kappa shape index (κ2) is 11.8. The van der Waals surface area contributed by atoms with E-state index in [4.69, 9.17) is 18.1 Å². The first-order chi connectivity index (χ1) is 10.8. The zero-order valence-corrected chi connectivity index (χ0v) is 17.0. The molecule has 1 N–H and O–H groups in total. The molecule has 0 aromatic heterocycles. The molecular formula is C14H33NO6P2. The maximum Gasteiger partial charge on any atom is 0.359 e. The average Bonchev–Trinajstić information content (AvgIpc) is 2.44. The molecule has 0 aliphatic carbocycles. The van der Waals surface area contributed by atoms with Crippen molar-refractivity contribution in [2.45, 2.75) is 53.5 Å². The first kappa shape index (κ1) is 23.3. The van der Waals surface area contributed by atoms with Gasteiger partial charge >= 0.3 is 15.2 Å². The summed E-state index contributed by atoms with van der Waals surface area (Å²) in [5.41, 5.74) is -1.13. The molecule has 0 fully saturated rings. The van der Waals surface area contributed by atoms with Crippen LogP contribution in [0.4, 0.5) is 0 Å².